The lowest BCUT2D eigenvalue weighted by molar-refractivity contribution is -0.110. The average Bonchev–Trinajstić information content (AvgIpc) is 1.82. The molecule has 0 aromatic carbocycles. The zero-order valence-corrected chi connectivity index (χ0v) is 5.72. The molecule has 0 saturated heterocycles. The number of nitrogens with one attached hydrogen (secondary N) is 1. The minimum Gasteiger partial charge on any atom is -0.345 e. The van der Waals surface area contributed by atoms with Gasteiger partial charge in [-0.1, -0.05) is 19.8 Å². The topological polar surface area (TPSA) is 29.1 Å². The molecule has 0 aliphatic carbocycles. The molecule has 1 N–H and O–H groups in total. The quantitative estimate of drug-likeness (QED) is 0.429. The molecule has 9 heavy (non-hydrogen) atoms. The first-order valence-electron chi connectivity index (χ1n) is 2.88. The average molecular weight is 125 g/mol. The third kappa shape index (κ3) is 2.76. The van der Waals surface area contributed by atoms with Gasteiger partial charge in [0.15, 0.2) is 0 Å². The highest BCUT2D eigenvalue weighted by molar-refractivity contribution is 5.47. The molecule has 0 rings (SSSR count). The van der Waals surface area contributed by atoms with Crippen molar-refractivity contribution in [3.05, 3.63) is 0 Å². The van der Waals surface area contributed by atoms with Crippen molar-refractivity contribution in [1.82, 2.24) is 5.32 Å². The predicted molar refractivity (Wildman–Crippen MR) is 36.7 cm³/mol. The van der Waals surface area contributed by atoms with E-state index in [4.69, 9.17) is 6.42 Å². The first-order valence-corrected chi connectivity index (χ1v) is 2.88. The van der Waals surface area contributed by atoms with E-state index in [-0.39, 0.29) is 6.04 Å². The van der Waals surface area contributed by atoms with E-state index in [9.17, 15) is 4.79 Å². The molecule has 2 nitrogen and oxygen atoms in total. The van der Waals surface area contributed by atoms with Crippen LogP contribution in [0.4, 0.5) is 0 Å². The second-order valence-corrected chi connectivity index (χ2v) is 2.17. The number of hydrogen-bond acceptors (Lipinski definition) is 1. The van der Waals surface area contributed by atoms with Gasteiger partial charge in [0.25, 0.3) is 0 Å². The van der Waals surface area contributed by atoms with Gasteiger partial charge in [-0.25, -0.2) is 0 Å². The van der Waals surface area contributed by atoms with E-state index in [1.54, 1.807) is 0 Å². The van der Waals surface area contributed by atoms with Gasteiger partial charge in [0.05, 0.1) is 6.04 Å². The maximum Gasteiger partial charge on any atom is 0.208 e. The Balaban J connectivity index is 3.71. The summed E-state index contributed by atoms with van der Waals surface area (Å²) in [6, 6.07) is -0.123. The Labute approximate surface area is 55.6 Å². The highest BCUT2D eigenvalue weighted by atomic mass is 16.1. The number of amides is 1. The van der Waals surface area contributed by atoms with Crippen LogP contribution in [0.5, 0.6) is 0 Å². The van der Waals surface area contributed by atoms with Gasteiger partial charge in [-0.05, 0) is 5.92 Å². The fourth-order valence-corrected chi connectivity index (χ4v) is 0.506. The molecule has 1 unspecified atom stereocenters. The third-order valence-electron chi connectivity index (χ3n) is 1.09. The van der Waals surface area contributed by atoms with Crippen molar-refractivity contribution in [3.63, 3.8) is 0 Å². The van der Waals surface area contributed by atoms with Gasteiger partial charge < -0.3 is 5.32 Å². The molecule has 0 spiro atoms. The molecule has 0 fully saturated rings. The molecule has 0 heterocycles. The van der Waals surface area contributed by atoms with Gasteiger partial charge >= 0.3 is 0 Å². The summed E-state index contributed by atoms with van der Waals surface area (Å²) in [5, 5.41) is 2.52. The zero-order chi connectivity index (χ0) is 7.28. The van der Waals surface area contributed by atoms with Crippen LogP contribution in [0.1, 0.15) is 13.8 Å². The minimum atomic E-state index is -0.123. The molecule has 0 aliphatic rings. The van der Waals surface area contributed by atoms with Crippen molar-refractivity contribution in [1.29, 1.82) is 0 Å². The first kappa shape index (κ1) is 8.03. The Hall–Kier alpha value is -0.970. The van der Waals surface area contributed by atoms with Crippen LogP contribution >= 0.6 is 0 Å². The van der Waals surface area contributed by atoms with Crippen molar-refractivity contribution in [2.75, 3.05) is 0 Å². The Morgan fingerprint density at radius 1 is 1.67 bits per heavy atom. The summed E-state index contributed by atoms with van der Waals surface area (Å²) >= 11 is 0. The summed E-state index contributed by atoms with van der Waals surface area (Å²) in [4.78, 5) is 9.87. The number of hydrogen-bond donors (Lipinski definition) is 1. The van der Waals surface area contributed by atoms with E-state index >= 15 is 0 Å². The number of rotatable bonds is 3. The molecule has 50 valence electrons. The van der Waals surface area contributed by atoms with Gasteiger partial charge in [-0.2, -0.15) is 0 Å². The number of carbonyl (C=O) groups is 1. The van der Waals surface area contributed by atoms with Crippen LogP contribution in [-0.4, -0.2) is 12.5 Å². The summed E-state index contributed by atoms with van der Waals surface area (Å²) in [6.45, 7) is 3.92. The second kappa shape index (κ2) is 3.96. The molecule has 0 aliphatic heterocycles. The van der Waals surface area contributed by atoms with Crippen LogP contribution in [0, 0.1) is 18.3 Å². The summed E-state index contributed by atoms with van der Waals surface area (Å²) in [5.74, 6) is 2.77. The lowest BCUT2D eigenvalue weighted by Gasteiger charge is -2.11. The lowest BCUT2D eigenvalue weighted by atomic mass is 10.1. The molecular weight excluding hydrogens is 114 g/mol. The van der Waals surface area contributed by atoms with Crippen molar-refractivity contribution in [3.8, 4) is 12.3 Å². The molecular formula is C7H11NO. The highest BCUT2D eigenvalue weighted by Gasteiger charge is 2.06. The monoisotopic (exact) mass is 125 g/mol. The van der Waals surface area contributed by atoms with Crippen molar-refractivity contribution < 1.29 is 4.79 Å². The Morgan fingerprint density at radius 3 is 2.33 bits per heavy atom. The van der Waals surface area contributed by atoms with E-state index in [0.717, 1.165) is 0 Å². The largest absolute Gasteiger partial charge is 0.345 e. The Kier molecular flexibility index (Phi) is 3.54. The summed E-state index contributed by atoms with van der Waals surface area (Å²) in [6.07, 6.45) is 5.72. The van der Waals surface area contributed by atoms with E-state index in [2.05, 4.69) is 11.2 Å². The van der Waals surface area contributed by atoms with E-state index in [0.29, 0.717) is 12.3 Å². The van der Waals surface area contributed by atoms with Crippen LogP contribution in [0.2, 0.25) is 0 Å². The minimum absolute atomic E-state index is 0.123. The maximum absolute atomic E-state index is 9.87. The maximum atomic E-state index is 9.87. The summed E-state index contributed by atoms with van der Waals surface area (Å²) in [5.41, 5.74) is 0. The SMILES string of the molecule is C#CC(NC=O)C(C)C. The van der Waals surface area contributed by atoms with E-state index in [1.807, 2.05) is 13.8 Å². The third-order valence-corrected chi connectivity index (χ3v) is 1.09. The zero-order valence-electron chi connectivity index (χ0n) is 5.72. The molecule has 0 aromatic heterocycles. The van der Waals surface area contributed by atoms with Crippen molar-refractivity contribution in [2.24, 2.45) is 5.92 Å². The molecule has 2 heteroatoms. The molecule has 1 atom stereocenters. The fraction of sp³-hybridized carbons (Fsp3) is 0.571. The van der Waals surface area contributed by atoms with Crippen LogP contribution in [-0.2, 0) is 4.79 Å². The van der Waals surface area contributed by atoms with Crippen LogP contribution < -0.4 is 5.32 Å². The van der Waals surface area contributed by atoms with Crippen LogP contribution in [0.25, 0.3) is 0 Å². The smallest absolute Gasteiger partial charge is 0.208 e. The first-order chi connectivity index (χ1) is 4.22. The number of carbonyl (C=O) groups excluding carboxylic acids is 1. The van der Waals surface area contributed by atoms with Crippen molar-refractivity contribution in [2.45, 2.75) is 19.9 Å². The summed E-state index contributed by atoms with van der Waals surface area (Å²) < 4.78 is 0. The van der Waals surface area contributed by atoms with Gasteiger partial charge in [0.1, 0.15) is 0 Å². The fourth-order valence-electron chi connectivity index (χ4n) is 0.506. The van der Waals surface area contributed by atoms with Gasteiger partial charge in [0.2, 0.25) is 6.41 Å². The van der Waals surface area contributed by atoms with Gasteiger partial charge in [-0.15, -0.1) is 6.42 Å². The lowest BCUT2D eigenvalue weighted by Crippen LogP contribution is -2.30. The Bertz CT molecular complexity index is 123. The molecule has 0 radical (unpaired) electrons. The molecule has 0 saturated carbocycles. The van der Waals surface area contributed by atoms with E-state index in [1.165, 1.54) is 0 Å². The van der Waals surface area contributed by atoms with Gasteiger partial charge in [-0.3, -0.25) is 4.79 Å². The molecule has 0 bridgehead atoms. The summed E-state index contributed by atoms with van der Waals surface area (Å²) in [7, 11) is 0. The normalized spacial score (nSPS) is 12.2. The number of terminal acetylenes is 1. The second-order valence-electron chi connectivity index (χ2n) is 2.17. The molecule has 1 amide bonds. The van der Waals surface area contributed by atoms with Crippen LogP contribution in [0.3, 0.4) is 0 Å². The standard InChI is InChI=1S/C7H11NO/c1-4-7(6(2)3)8-5-9/h1,5-7H,2-3H3,(H,8,9). The van der Waals surface area contributed by atoms with E-state index < -0.39 is 0 Å². The Morgan fingerprint density at radius 2 is 2.22 bits per heavy atom. The van der Waals surface area contributed by atoms with Crippen molar-refractivity contribution >= 4 is 6.41 Å². The highest BCUT2D eigenvalue weighted by Crippen LogP contribution is 1.97. The molecule has 0 aromatic rings. The van der Waals surface area contributed by atoms with Crippen LogP contribution in [0.15, 0.2) is 0 Å². The predicted octanol–water partition coefficient (Wildman–Crippen LogP) is 0.390. The van der Waals surface area contributed by atoms with Gasteiger partial charge in [0, 0.05) is 0 Å².